The molecule has 3 rings (SSSR count). The van der Waals surface area contributed by atoms with Crippen LogP contribution in [0.3, 0.4) is 0 Å². The molecule has 0 saturated carbocycles. The van der Waals surface area contributed by atoms with Gasteiger partial charge in [-0.25, -0.2) is 13.1 Å². The van der Waals surface area contributed by atoms with Crippen LogP contribution in [0.15, 0.2) is 57.9 Å². The van der Waals surface area contributed by atoms with E-state index in [0.717, 1.165) is 0 Å². The van der Waals surface area contributed by atoms with Crippen molar-refractivity contribution in [1.29, 1.82) is 0 Å². The van der Waals surface area contributed by atoms with Crippen LogP contribution in [0.2, 0.25) is 0 Å². The Morgan fingerprint density at radius 2 is 1.73 bits per heavy atom. The van der Waals surface area contributed by atoms with Crippen LogP contribution in [-0.4, -0.2) is 30.0 Å². The average Bonchev–Trinajstić information content (AvgIpc) is 3.11. The van der Waals surface area contributed by atoms with Gasteiger partial charge in [0.2, 0.25) is 10.0 Å². The van der Waals surface area contributed by atoms with Crippen LogP contribution in [-0.2, 0) is 16.6 Å². The number of benzene rings is 2. The fourth-order valence-electron chi connectivity index (χ4n) is 2.83. The summed E-state index contributed by atoms with van der Waals surface area (Å²) in [6.45, 7) is 7.12. The van der Waals surface area contributed by atoms with Crippen LogP contribution in [0.4, 0.5) is 0 Å². The number of rotatable bonds is 6. The number of nitrogens with one attached hydrogen (secondary N) is 2. The molecule has 0 saturated heterocycles. The van der Waals surface area contributed by atoms with Crippen molar-refractivity contribution in [1.82, 2.24) is 20.2 Å². The maximum absolute atomic E-state index is 12.7. The summed E-state index contributed by atoms with van der Waals surface area (Å²) in [5, 5.41) is 6.52. The minimum absolute atomic E-state index is 0.0741. The van der Waals surface area contributed by atoms with Crippen molar-refractivity contribution in [2.45, 2.75) is 44.7 Å². The Kier molecular flexibility index (Phi) is 6.04. The number of aromatic nitrogens is 2. The highest BCUT2D eigenvalue weighted by atomic mass is 32.2. The Morgan fingerprint density at radius 3 is 2.33 bits per heavy atom. The molecule has 0 unspecified atom stereocenters. The van der Waals surface area contributed by atoms with Crippen molar-refractivity contribution in [3.05, 3.63) is 65.5 Å². The molecule has 30 heavy (non-hydrogen) atoms. The highest BCUT2D eigenvalue weighted by molar-refractivity contribution is 7.89. The van der Waals surface area contributed by atoms with Gasteiger partial charge in [-0.05, 0) is 63.6 Å². The third-order valence-corrected chi connectivity index (χ3v) is 5.92. The predicted octanol–water partition coefficient (Wildman–Crippen LogP) is 3.05. The molecule has 0 radical (unpaired) electrons. The van der Waals surface area contributed by atoms with Crippen LogP contribution < -0.4 is 10.0 Å². The summed E-state index contributed by atoms with van der Waals surface area (Å²) >= 11 is 0. The predicted molar refractivity (Wildman–Crippen MR) is 112 cm³/mol. The molecule has 1 aromatic heterocycles. The summed E-state index contributed by atoms with van der Waals surface area (Å²) < 4.78 is 33.2. The number of carbonyl (C=O) groups is 1. The summed E-state index contributed by atoms with van der Waals surface area (Å²) in [7, 11) is -3.72. The Bertz CT molecular complexity index is 1150. The fraction of sp³-hybridized carbons (Fsp3) is 0.286. The molecule has 3 aromatic rings. The van der Waals surface area contributed by atoms with Crippen LogP contribution in [0, 0.1) is 6.92 Å². The topological polar surface area (TPSA) is 114 Å². The smallest absolute Gasteiger partial charge is 0.257 e. The molecule has 0 spiro atoms. The molecule has 1 heterocycles. The van der Waals surface area contributed by atoms with Crippen molar-refractivity contribution < 1.29 is 17.7 Å². The van der Waals surface area contributed by atoms with Crippen molar-refractivity contribution in [2.75, 3.05) is 0 Å². The van der Waals surface area contributed by atoms with E-state index in [9.17, 15) is 13.2 Å². The Balaban J connectivity index is 1.72. The summed E-state index contributed by atoms with van der Waals surface area (Å²) in [4.78, 5) is 16.8. The monoisotopic (exact) mass is 428 g/mol. The molecule has 0 atom stereocenters. The van der Waals surface area contributed by atoms with Gasteiger partial charge in [-0.15, -0.1) is 0 Å². The lowest BCUT2D eigenvalue weighted by molar-refractivity contribution is 0.0950. The molecule has 2 aromatic carbocycles. The first kappa shape index (κ1) is 21.7. The van der Waals surface area contributed by atoms with Gasteiger partial charge in [-0.1, -0.05) is 23.4 Å². The zero-order valence-corrected chi connectivity index (χ0v) is 18.1. The Morgan fingerprint density at radius 1 is 1.07 bits per heavy atom. The Labute approximate surface area is 175 Å². The number of amides is 1. The first-order valence-corrected chi connectivity index (χ1v) is 10.8. The van der Waals surface area contributed by atoms with Crippen LogP contribution >= 0.6 is 0 Å². The molecule has 2 N–H and O–H groups in total. The second kappa shape index (κ2) is 8.37. The normalized spacial score (nSPS) is 12.0. The third-order valence-electron chi connectivity index (χ3n) is 4.06. The van der Waals surface area contributed by atoms with E-state index < -0.39 is 15.6 Å². The molecule has 158 valence electrons. The molecule has 0 fully saturated rings. The maximum atomic E-state index is 12.7. The molecule has 9 heteroatoms. The lowest BCUT2D eigenvalue weighted by Crippen LogP contribution is -2.41. The van der Waals surface area contributed by atoms with Gasteiger partial charge >= 0.3 is 0 Å². The first-order chi connectivity index (χ1) is 14.0. The van der Waals surface area contributed by atoms with Gasteiger partial charge in [0.1, 0.15) is 0 Å². The second-order valence-corrected chi connectivity index (χ2v) is 9.52. The molecular formula is C21H24N4O4S. The summed E-state index contributed by atoms with van der Waals surface area (Å²) in [6.07, 6.45) is 0. The lowest BCUT2D eigenvalue weighted by Gasteiger charge is -2.21. The SMILES string of the molecule is Cc1noc(-c2ccc(C(=O)NCc3ccccc3S(=O)(=O)NC(C)(C)C)cc2)n1. The van der Waals surface area contributed by atoms with Gasteiger partial charge in [-0.2, -0.15) is 4.98 Å². The average molecular weight is 429 g/mol. The first-order valence-electron chi connectivity index (χ1n) is 9.36. The fourth-order valence-corrected chi connectivity index (χ4v) is 4.49. The van der Waals surface area contributed by atoms with E-state index in [1.165, 1.54) is 6.07 Å². The minimum atomic E-state index is -3.72. The van der Waals surface area contributed by atoms with Gasteiger partial charge in [0.25, 0.3) is 11.8 Å². The molecule has 8 nitrogen and oxygen atoms in total. The van der Waals surface area contributed by atoms with Gasteiger partial charge in [0, 0.05) is 23.2 Å². The number of sulfonamides is 1. The molecule has 0 aliphatic rings. The van der Waals surface area contributed by atoms with Crippen molar-refractivity contribution in [2.24, 2.45) is 0 Å². The van der Waals surface area contributed by atoms with E-state index in [-0.39, 0.29) is 17.3 Å². The van der Waals surface area contributed by atoms with Crippen molar-refractivity contribution in [3.63, 3.8) is 0 Å². The third kappa shape index (κ3) is 5.31. The van der Waals surface area contributed by atoms with Gasteiger partial charge in [0.05, 0.1) is 4.90 Å². The van der Waals surface area contributed by atoms with E-state index in [1.54, 1.807) is 70.2 Å². The van der Waals surface area contributed by atoms with Crippen molar-refractivity contribution >= 4 is 15.9 Å². The molecule has 0 bridgehead atoms. The highest BCUT2D eigenvalue weighted by Gasteiger charge is 2.24. The van der Waals surface area contributed by atoms with Crippen LogP contribution in [0.25, 0.3) is 11.5 Å². The number of carbonyl (C=O) groups excluding carboxylic acids is 1. The molecule has 1 amide bonds. The largest absolute Gasteiger partial charge is 0.348 e. The van der Waals surface area contributed by atoms with Crippen molar-refractivity contribution in [3.8, 4) is 11.5 Å². The molecule has 0 aliphatic heterocycles. The summed E-state index contributed by atoms with van der Waals surface area (Å²) in [5.74, 6) is 0.588. The zero-order chi connectivity index (χ0) is 21.9. The number of aryl methyl sites for hydroxylation is 1. The molecular weight excluding hydrogens is 404 g/mol. The van der Waals surface area contributed by atoms with Gasteiger partial charge in [-0.3, -0.25) is 4.79 Å². The van der Waals surface area contributed by atoms with Gasteiger partial charge in [0.15, 0.2) is 5.82 Å². The Hall–Kier alpha value is -3.04. The molecule has 0 aliphatic carbocycles. The van der Waals surface area contributed by atoms with E-state index in [2.05, 4.69) is 20.2 Å². The summed E-state index contributed by atoms with van der Waals surface area (Å²) in [5.41, 5.74) is 1.02. The summed E-state index contributed by atoms with van der Waals surface area (Å²) in [6, 6.07) is 13.3. The van der Waals surface area contributed by atoms with E-state index in [4.69, 9.17) is 4.52 Å². The van der Waals surface area contributed by atoms with E-state index in [0.29, 0.717) is 28.4 Å². The number of hydrogen-bond acceptors (Lipinski definition) is 6. The minimum Gasteiger partial charge on any atom is -0.348 e. The quantitative estimate of drug-likeness (QED) is 0.624. The maximum Gasteiger partial charge on any atom is 0.257 e. The second-order valence-electron chi connectivity index (χ2n) is 7.87. The van der Waals surface area contributed by atoms with Crippen LogP contribution in [0.1, 0.15) is 42.5 Å². The highest BCUT2D eigenvalue weighted by Crippen LogP contribution is 2.19. The lowest BCUT2D eigenvalue weighted by atomic mass is 10.1. The van der Waals surface area contributed by atoms with Crippen LogP contribution in [0.5, 0.6) is 0 Å². The van der Waals surface area contributed by atoms with E-state index >= 15 is 0 Å². The standard InChI is InChI=1S/C21H24N4O4S/c1-14-23-20(29-24-14)16-11-9-15(10-12-16)19(26)22-13-17-7-5-6-8-18(17)30(27,28)25-21(2,3)4/h5-12,25H,13H2,1-4H3,(H,22,26). The number of nitrogens with zero attached hydrogens (tertiary/aromatic N) is 2. The van der Waals surface area contributed by atoms with E-state index in [1.807, 2.05) is 0 Å². The zero-order valence-electron chi connectivity index (χ0n) is 17.3. The number of hydrogen-bond donors (Lipinski definition) is 2. The van der Waals surface area contributed by atoms with Gasteiger partial charge < -0.3 is 9.84 Å².